The first kappa shape index (κ1) is 15.0. The molecule has 2 N–H and O–H groups in total. The van der Waals surface area contributed by atoms with Gasteiger partial charge in [0.25, 0.3) is 0 Å². The maximum absolute atomic E-state index is 9.40. The van der Waals surface area contributed by atoms with Crippen LogP contribution in [-0.4, -0.2) is 24.9 Å². The number of para-hydroxylation sites is 1. The number of hydrogen-bond acceptors (Lipinski definition) is 3. The van der Waals surface area contributed by atoms with E-state index in [0.717, 1.165) is 17.7 Å². The van der Waals surface area contributed by atoms with E-state index in [0.29, 0.717) is 5.92 Å². The molecule has 0 aromatic heterocycles. The number of methoxy groups -OCH3 is 1. The first-order chi connectivity index (χ1) is 8.58. The van der Waals surface area contributed by atoms with Crippen molar-refractivity contribution in [3.8, 4) is 5.75 Å². The van der Waals surface area contributed by atoms with E-state index in [1.807, 2.05) is 18.2 Å². The Balaban J connectivity index is 2.71. The summed E-state index contributed by atoms with van der Waals surface area (Å²) in [5, 5.41) is 12.9. The van der Waals surface area contributed by atoms with Gasteiger partial charge in [0.1, 0.15) is 5.75 Å². The monoisotopic (exact) mass is 251 g/mol. The Labute approximate surface area is 110 Å². The number of ether oxygens (including phenoxy) is 1. The van der Waals surface area contributed by atoms with Gasteiger partial charge in [-0.1, -0.05) is 32.0 Å². The SMILES string of the molecule is COc1ccccc1C(C)NC(CO)CC(C)C. The fourth-order valence-corrected chi connectivity index (χ4v) is 2.23. The molecule has 0 saturated carbocycles. The van der Waals surface area contributed by atoms with Crippen LogP contribution < -0.4 is 10.1 Å². The standard InChI is InChI=1S/C15H25NO2/c1-11(2)9-13(10-17)16-12(3)14-7-5-6-8-15(14)18-4/h5-8,11-13,16-17H,9-10H2,1-4H3. The molecule has 0 spiro atoms. The summed E-state index contributed by atoms with van der Waals surface area (Å²) < 4.78 is 5.36. The van der Waals surface area contributed by atoms with Gasteiger partial charge in [-0.15, -0.1) is 0 Å². The number of nitrogens with one attached hydrogen (secondary N) is 1. The molecular weight excluding hydrogens is 226 g/mol. The molecule has 1 rings (SSSR count). The quantitative estimate of drug-likeness (QED) is 0.783. The summed E-state index contributed by atoms with van der Waals surface area (Å²) in [5.74, 6) is 1.46. The highest BCUT2D eigenvalue weighted by Gasteiger charge is 2.16. The largest absolute Gasteiger partial charge is 0.496 e. The van der Waals surface area contributed by atoms with Crippen LogP contribution in [0.5, 0.6) is 5.75 Å². The summed E-state index contributed by atoms with van der Waals surface area (Å²) in [5.41, 5.74) is 1.13. The summed E-state index contributed by atoms with van der Waals surface area (Å²) in [6.45, 7) is 6.59. The van der Waals surface area contributed by atoms with Gasteiger partial charge in [0.2, 0.25) is 0 Å². The second-order valence-corrected chi connectivity index (χ2v) is 5.14. The van der Waals surface area contributed by atoms with Crippen molar-refractivity contribution >= 4 is 0 Å². The smallest absolute Gasteiger partial charge is 0.123 e. The number of aliphatic hydroxyl groups excluding tert-OH is 1. The lowest BCUT2D eigenvalue weighted by atomic mass is 10.0. The Hall–Kier alpha value is -1.06. The maximum atomic E-state index is 9.40. The number of rotatable bonds is 7. The minimum absolute atomic E-state index is 0.130. The zero-order valence-corrected chi connectivity index (χ0v) is 11.8. The molecule has 2 unspecified atom stereocenters. The Bertz CT molecular complexity index is 352. The summed E-state index contributed by atoms with van der Waals surface area (Å²) in [7, 11) is 1.68. The predicted molar refractivity (Wildman–Crippen MR) is 74.9 cm³/mol. The lowest BCUT2D eigenvalue weighted by Gasteiger charge is -2.24. The molecule has 1 aromatic carbocycles. The van der Waals surface area contributed by atoms with Gasteiger partial charge in [-0.3, -0.25) is 0 Å². The lowest BCUT2D eigenvalue weighted by molar-refractivity contribution is 0.214. The van der Waals surface area contributed by atoms with Gasteiger partial charge >= 0.3 is 0 Å². The molecule has 3 nitrogen and oxygen atoms in total. The minimum Gasteiger partial charge on any atom is -0.496 e. The van der Waals surface area contributed by atoms with E-state index in [2.05, 4.69) is 32.2 Å². The van der Waals surface area contributed by atoms with Crippen molar-refractivity contribution in [3.63, 3.8) is 0 Å². The third-order valence-electron chi connectivity index (χ3n) is 3.07. The van der Waals surface area contributed by atoms with Crippen LogP contribution in [0.2, 0.25) is 0 Å². The lowest BCUT2D eigenvalue weighted by Crippen LogP contribution is -2.35. The third kappa shape index (κ3) is 4.31. The van der Waals surface area contributed by atoms with Crippen LogP contribution in [0.25, 0.3) is 0 Å². The van der Waals surface area contributed by atoms with Crippen molar-refractivity contribution in [2.75, 3.05) is 13.7 Å². The fourth-order valence-electron chi connectivity index (χ4n) is 2.23. The molecule has 2 atom stereocenters. The van der Waals surface area contributed by atoms with Gasteiger partial charge in [0.05, 0.1) is 13.7 Å². The second-order valence-electron chi connectivity index (χ2n) is 5.14. The first-order valence-corrected chi connectivity index (χ1v) is 6.58. The van der Waals surface area contributed by atoms with E-state index in [1.165, 1.54) is 0 Å². The van der Waals surface area contributed by atoms with E-state index < -0.39 is 0 Å². The normalized spacial score (nSPS) is 14.6. The van der Waals surface area contributed by atoms with Crippen LogP contribution in [0, 0.1) is 5.92 Å². The summed E-state index contributed by atoms with van der Waals surface area (Å²) in [6, 6.07) is 8.28. The molecule has 0 fully saturated rings. The molecule has 0 amide bonds. The Morgan fingerprint density at radius 3 is 2.44 bits per heavy atom. The molecule has 0 bridgehead atoms. The van der Waals surface area contributed by atoms with Crippen molar-refractivity contribution in [3.05, 3.63) is 29.8 Å². The molecule has 3 heteroatoms. The molecule has 0 radical (unpaired) electrons. The average Bonchev–Trinajstić information content (AvgIpc) is 2.37. The number of hydrogen-bond donors (Lipinski definition) is 2. The van der Waals surface area contributed by atoms with Crippen LogP contribution >= 0.6 is 0 Å². The summed E-state index contributed by atoms with van der Waals surface area (Å²) in [4.78, 5) is 0. The van der Waals surface area contributed by atoms with E-state index in [4.69, 9.17) is 4.74 Å². The topological polar surface area (TPSA) is 41.5 Å². The van der Waals surface area contributed by atoms with E-state index in [1.54, 1.807) is 7.11 Å². The van der Waals surface area contributed by atoms with Crippen molar-refractivity contribution in [2.45, 2.75) is 39.3 Å². The van der Waals surface area contributed by atoms with Crippen molar-refractivity contribution in [1.82, 2.24) is 5.32 Å². The molecular formula is C15H25NO2. The van der Waals surface area contributed by atoms with Crippen LogP contribution in [0.15, 0.2) is 24.3 Å². The zero-order valence-electron chi connectivity index (χ0n) is 11.8. The molecule has 0 aliphatic carbocycles. The highest BCUT2D eigenvalue weighted by Crippen LogP contribution is 2.25. The zero-order chi connectivity index (χ0) is 13.5. The van der Waals surface area contributed by atoms with Gasteiger partial charge in [0, 0.05) is 17.6 Å². The molecule has 102 valence electrons. The van der Waals surface area contributed by atoms with Crippen molar-refractivity contribution in [1.29, 1.82) is 0 Å². The molecule has 0 saturated heterocycles. The second kappa shape index (κ2) is 7.39. The minimum atomic E-state index is 0.130. The van der Waals surface area contributed by atoms with E-state index in [-0.39, 0.29) is 18.7 Å². The van der Waals surface area contributed by atoms with E-state index in [9.17, 15) is 5.11 Å². The van der Waals surface area contributed by atoms with E-state index >= 15 is 0 Å². The van der Waals surface area contributed by atoms with Gasteiger partial charge in [0.15, 0.2) is 0 Å². The van der Waals surface area contributed by atoms with Gasteiger partial charge < -0.3 is 15.2 Å². The Kier molecular flexibility index (Phi) is 6.16. The van der Waals surface area contributed by atoms with Gasteiger partial charge in [-0.25, -0.2) is 0 Å². The Morgan fingerprint density at radius 2 is 1.89 bits per heavy atom. The molecule has 0 aliphatic heterocycles. The molecule has 1 aromatic rings. The number of benzene rings is 1. The Morgan fingerprint density at radius 1 is 1.22 bits per heavy atom. The van der Waals surface area contributed by atoms with Gasteiger partial charge in [-0.05, 0) is 25.3 Å². The highest BCUT2D eigenvalue weighted by molar-refractivity contribution is 5.35. The predicted octanol–water partition coefficient (Wildman–Crippen LogP) is 2.75. The van der Waals surface area contributed by atoms with Crippen LogP contribution in [0.4, 0.5) is 0 Å². The first-order valence-electron chi connectivity index (χ1n) is 6.58. The van der Waals surface area contributed by atoms with Crippen LogP contribution in [0.1, 0.15) is 38.8 Å². The number of aliphatic hydroxyl groups is 1. The maximum Gasteiger partial charge on any atom is 0.123 e. The molecule has 0 aliphatic rings. The average molecular weight is 251 g/mol. The molecule has 0 heterocycles. The third-order valence-corrected chi connectivity index (χ3v) is 3.07. The highest BCUT2D eigenvalue weighted by atomic mass is 16.5. The fraction of sp³-hybridized carbons (Fsp3) is 0.600. The summed E-state index contributed by atoms with van der Waals surface area (Å²) in [6.07, 6.45) is 0.968. The van der Waals surface area contributed by atoms with Crippen LogP contribution in [-0.2, 0) is 0 Å². The van der Waals surface area contributed by atoms with Crippen molar-refractivity contribution < 1.29 is 9.84 Å². The molecule has 18 heavy (non-hydrogen) atoms. The van der Waals surface area contributed by atoms with Crippen LogP contribution in [0.3, 0.4) is 0 Å². The van der Waals surface area contributed by atoms with Gasteiger partial charge in [-0.2, -0.15) is 0 Å². The van der Waals surface area contributed by atoms with Crippen molar-refractivity contribution in [2.24, 2.45) is 5.92 Å². The summed E-state index contributed by atoms with van der Waals surface area (Å²) >= 11 is 0.